The Balaban J connectivity index is 2.18. The first-order chi connectivity index (χ1) is 14.8. The third kappa shape index (κ3) is 4.58. The number of fused-ring (bicyclic) bond motifs is 1. The zero-order valence-electron chi connectivity index (χ0n) is 16.9. The SMILES string of the molecule is COC(=O)CC(c1ccc(OC)c(OCC(N)=O)c1)c1c(O)nc2ccccn2c1=O. The van der Waals surface area contributed by atoms with Gasteiger partial charge in [-0.05, 0) is 29.8 Å². The molecule has 0 radical (unpaired) electrons. The van der Waals surface area contributed by atoms with Crippen LogP contribution in [0.15, 0.2) is 47.4 Å². The number of rotatable bonds is 8. The monoisotopic (exact) mass is 427 g/mol. The van der Waals surface area contributed by atoms with Gasteiger partial charge in [-0.1, -0.05) is 12.1 Å². The van der Waals surface area contributed by atoms with Crippen molar-refractivity contribution in [1.82, 2.24) is 9.38 Å². The Labute approximate surface area is 176 Å². The van der Waals surface area contributed by atoms with Crippen LogP contribution in [-0.4, -0.2) is 47.2 Å². The van der Waals surface area contributed by atoms with E-state index in [0.717, 1.165) is 0 Å². The number of benzene rings is 1. The summed E-state index contributed by atoms with van der Waals surface area (Å²) in [7, 11) is 2.64. The van der Waals surface area contributed by atoms with Crippen molar-refractivity contribution >= 4 is 17.5 Å². The highest BCUT2D eigenvalue weighted by Crippen LogP contribution is 2.36. The number of nitrogens with zero attached hydrogens (tertiary/aromatic N) is 2. The van der Waals surface area contributed by atoms with Crippen LogP contribution in [0.25, 0.3) is 5.65 Å². The molecule has 3 rings (SSSR count). The molecule has 162 valence electrons. The molecule has 2 aromatic heterocycles. The minimum atomic E-state index is -0.911. The van der Waals surface area contributed by atoms with E-state index < -0.39 is 35.8 Å². The molecule has 0 aliphatic rings. The van der Waals surface area contributed by atoms with Crippen LogP contribution in [0.1, 0.15) is 23.5 Å². The van der Waals surface area contributed by atoms with Gasteiger partial charge in [0.15, 0.2) is 18.1 Å². The first-order valence-electron chi connectivity index (χ1n) is 9.21. The number of hydrogen-bond acceptors (Lipinski definition) is 8. The van der Waals surface area contributed by atoms with Crippen LogP contribution in [0.3, 0.4) is 0 Å². The van der Waals surface area contributed by atoms with Crippen molar-refractivity contribution in [2.45, 2.75) is 12.3 Å². The van der Waals surface area contributed by atoms with Crippen molar-refractivity contribution in [3.63, 3.8) is 0 Å². The molecule has 0 aliphatic heterocycles. The molecule has 0 aliphatic carbocycles. The number of primary amides is 1. The predicted octanol–water partition coefficient (Wildman–Crippen LogP) is 0.968. The maximum atomic E-state index is 13.2. The second-order valence-corrected chi connectivity index (χ2v) is 6.58. The van der Waals surface area contributed by atoms with Gasteiger partial charge in [-0.2, -0.15) is 4.98 Å². The quantitative estimate of drug-likeness (QED) is 0.506. The van der Waals surface area contributed by atoms with E-state index in [1.54, 1.807) is 30.3 Å². The molecule has 3 aromatic rings. The molecule has 1 atom stereocenters. The summed E-state index contributed by atoms with van der Waals surface area (Å²) in [6.45, 7) is -0.396. The van der Waals surface area contributed by atoms with Crippen LogP contribution < -0.4 is 20.8 Å². The average molecular weight is 427 g/mol. The number of aromatic nitrogens is 2. The second kappa shape index (κ2) is 9.16. The summed E-state index contributed by atoms with van der Waals surface area (Å²) in [6.07, 6.45) is 1.26. The van der Waals surface area contributed by atoms with Crippen molar-refractivity contribution in [1.29, 1.82) is 0 Å². The van der Waals surface area contributed by atoms with Gasteiger partial charge in [0, 0.05) is 12.1 Å². The van der Waals surface area contributed by atoms with Gasteiger partial charge < -0.3 is 25.1 Å². The highest BCUT2D eigenvalue weighted by atomic mass is 16.5. The first kappa shape index (κ1) is 21.6. The molecule has 0 fully saturated rings. The first-order valence-corrected chi connectivity index (χ1v) is 9.21. The lowest BCUT2D eigenvalue weighted by molar-refractivity contribution is -0.140. The fraction of sp³-hybridized carbons (Fsp3) is 0.238. The molecule has 1 aromatic carbocycles. The molecule has 1 amide bonds. The summed E-state index contributed by atoms with van der Waals surface area (Å²) in [4.78, 5) is 40.5. The number of nitrogens with two attached hydrogens (primary N) is 1. The van der Waals surface area contributed by atoms with Crippen LogP contribution >= 0.6 is 0 Å². The fourth-order valence-electron chi connectivity index (χ4n) is 3.20. The number of pyridine rings is 1. The standard InChI is InChI=1S/C21H21N3O7/c1-29-14-7-6-12(9-15(14)31-11-16(22)25)13(10-18(26)30-2)19-20(27)23-17-5-3-4-8-24(17)21(19)28/h3-9,13,27H,10-11H2,1-2H3,(H2,22,25). The number of ether oxygens (including phenoxy) is 3. The molecule has 0 bridgehead atoms. The van der Waals surface area contributed by atoms with Crippen molar-refractivity contribution in [2.24, 2.45) is 5.73 Å². The minimum absolute atomic E-state index is 0.0832. The lowest BCUT2D eigenvalue weighted by Crippen LogP contribution is -2.24. The van der Waals surface area contributed by atoms with E-state index in [0.29, 0.717) is 11.3 Å². The lowest BCUT2D eigenvalue weighted by atomic mass is 9.89. The molecule has 10 heteroatoms. The largest absolute Gasteiger partial charge is 0.493 e. The van der Waals surface area contributed by atoms with Crippen molar-refractivity contribution in [3.8, 4) is 17.4 Å². The predicted molar refractivity (Wildman–Crippen MR) is 109 cm³/mol. The van der Waals surface area contributed by atoms with Crippen LogP contribution in [0.2, 0.25) is 0 Å². The van der Waals surface area contributed by atoms with Crippen LogP contribution in [0, 0.1) is 0 Å². The summed E-state index contributed by atoms with van der Waals surface area (Å²) in [6, 6.07) is 9.58. The molecular formula is C21H21N3O7. The summed E-state index contributed by atoms with van der Waals surface area (Å²) in [5.41, 5.74) is 5.22. The number of aromatic hydroxyl groups is 1. The summed E-state index contributed by atoms with van der Waals surface area (Å²) in [5, 5.41) is 10.6. The Kier molecular flexibility index (Phi) is 6.39. The van der Waals surface area contributed by atoms with Gasteiger partial charge in [0.1, 0.15) is 5.65 Å². The third-order valence-electron chi connectivity index (χ3n) is 4.66. The van der Waals surface area contributed by atoms with E-state index in [1.165, 1.54) is 30.9 Å². The van der Waals surface area contributed by atoms with Gasteiger partial charge in [-0.25, -0.2) is 0 Å². The maximum Gasteiger partial charge on any atom is 0.306 e. The highest BCUT2D eigenvalue weighted by Gasteiger charge is 2.28. The van der Waals surface area contributed by atoms with Crippen LogP contribution in [-0.2, 0) is 14.3 Å². The normalized spacial score (nSPS) is 11.7. The fourth-order valence-corrected chi connectivity index (χ4v) is 3.20. The smallest absolute Gasteiger partial charge is 0.306 e. The van der Waals surface area contributed by atoms with Crippen molar-refractivity contribution in [3.05, 3.63) is 64.1 Å². The van der Waals surface area contributed by atoms with Crippen LogP contribution in [0.5, 0.6) is 17.4 Å². The molecule has 0 spiro atoms. The Morgan fingerprint density at radius 1 is 1.19 bits per heavy atom. The maximum absolute atomic E-state index is 13.2. The Hall–Kier alpha value is -4.08. The van der Waals surface area contributed by atoms with Gasteiger partial charge in [0.05, 0.1) is 26.2 Å². The van der Waals surface area contributed by atoms with E-state index >= 15 is 0 Å². The number of carbonyl (C=O) groups excluding carboxylic acids is 2. The molecule has 3 N–H and O–H groups in total. The van der Waals surface area contributed by atoms with Gasteiger partial charge in [-0.3, -0.25) is 18.8 Å². The van der Waals surface area contributed by atoms with Crippen molar-refractivity contribution < 1.29 is 28.9 Å². The van der Waals surface area contributed by atoms with Crippen molar-refractivity contribution in [2.75, 3.05) is 20.8 Å². The van der Waals surface area contributed by atoms with Gasteiger partial charge in [-0.15, -0.1) is 0 Å². The molecule has 0 saturated carbocycles. The van der Waals surface area contributed by atoms with Crippen LogP contribution in [0.4, 0.5) is 0 Å². The van der Waals surface area contributed by atoms with Gasteiger partial charge in [0.25, 0.3) is 11.5 Å². The Bertz CT molecular complexity index is 1190. The number of methoxy groups -OCH3 is 2. The van der Waals surface area contributed by atoms with E-state index in [-0.39, 0.29) is 23.4 Å². The molecule has 2 heterocycles. The average Bonchev–Trinajstić information content (AvgIpc) is 2.76. The summed E-state index contributed by atoms with van der Waals surface area (Å²) in [5.74, 6) is -2.20. The van der Waals surface area contributed by atoms with Gasteiger partial charge in [0.2, 0.25) is 5.88 Å². The second-order valence-electron chi connectivity index (χ2n) is 6.58. The van der Waals surface area contributed by atoms with E-state index in [1.807, 2.05) is 0 Å². The molecular weight excluding hydrogens is 406 g/mol. The van der Waals surface area contributed by atoms with Gasteiger partial charge >= 0.3 is 5.97 Å². The number of carbonyl (C=O) groups is 2. The third-order valence-corrected chi connectivity index (χ3v) is 4.66. The minimum Gasteiger partial charge on any atom is -0.493 e. The number of hydrogen-bond donors (Lipinski definition) is 2. The number of esters is 1. The van der Waals surface area contributed by atoms with E-state index in [2.05, 4.69) is 4.98 Å². The molecule has 10 nitrogen and oxygen atoms in total. The highest BCUT2D eigenvalue weighted by molar-refractivity contribution is 5.75. The zero-order chi connectivity index (χ0) is 22.5. The zero-order valence-corrected chi connectivity index (χ0v) is 16.9. The molecule has 0 saturated heterocycles. The van der Waals surface area contributed by atoms with E-state index in [9.17, 15) is 19.5 Å². The topological polar surface area (TPSA) is 142 Å². The summed E-state index contributed by atoms with van der Waals surface area (Å²) < 4.78 is 16.7. The number of amides is 1. The molecule has 1 unspecified atom stereocenters. The van der Waals surface area contributed by atoms with E-state index in [4.69, 9.17) is 19.9 Å². The molecule has 31 heavy (non-hydrogen) atoms. The lowest BCUT2D eigenvalue weighted by Gasteiger charge is -2.19. The Morgan fingerprint density at radius 3 is 2.65 bits per heavy atom. The summed E-state index contributed by atoms with van der Waals surface area (Å²) >= 11 is 0. The Morgan fingerprint density at radius 2 is 1.97 bits per heavy atom.